The van der Waals surface area contributed by atoms with E-state index in [0.717, 1.165) is 57.4 Å². The smallest absolute Gasteiger partial charge is 0.323 e. The summed E-state index contributed by atoms with van der Waals surface area (Å²) in [7, 11) is 0. The highest BCUT2D eigenvalue weighted by atomic mass is 32.1. The summed E-state index contributed by atoms with van der Waals surface area (Å²) >= 11 is 1.45. The summed E-state index contributed by atoms with van der Waals surface area (Å²) in [5.41, 5.74) is -0.0441. The number of carbonyl (C=O) groups excluding carboxylic acids is 1. The number of urea groups is 1. The van der Waals surface area contributed by atoms with Gasteiger partial charge in [0, 0.05) is 38.1 Å². The highest BCUT2D eigenvalue weighted by Gasteiger charge is 2.29. The Labute approximate surface area is 147 Å². The number of morpholine rings is 1. The third-order valence-corrected chi connectivity index (χ3v) is 5.74. The Bertz CT molecular complexity index is 565. The lowest BCUT2D eigenvalue weighted by atomic mass is 9.98. The first kappa shape index (κ1) is 17.6. The van der Waals surface area contributed by atoms with Crippen LogP contribution in [-0.4, -0.2) is 72.0 Å². The number of rotatable bonds is 3. The Hall–Kier alpha value is -1.25. The zero-order valence-electron chi connectivity index (χ0n) is 14.7. The van der Waals surface area contributed by atoms with Crippen molar-refractivity contribution in [2.24, 2.45) is 5.92 Å². The first-order valence-electron chi connectivity index (χ1n) is 8.62. The molecule has 2 aliphatic rings. The largest absolute Gasteiger partial charge is 0.379 e. The van der Waals surface area contributed by atoms with Crippen LogP contribution in [0.15, 0.2) is 0 Å². The van der Waals surface area contributed by atoms with E-state index in [9.17, 15) is 4.79 Å². The minimum atomic E-state index is -0.0592. The van der Waals surface area contributed by atoms with Crippen LogP contribution in [0.2, 0.25) is 0 Å². The normalized spacial score (nSPS) is 22.8. The van der Waals surface area contributed by atoms with Crippen LogP contribution < -0.4 is 5.32 Å². The Morgan fingerprint density at radius 3 is 2.71 bits per heavy atom. The lowest BCUT2D eigenvalue weighted by Gasteiger charge is -2.29. The third kappa shape index (κ3) is 4.43. The van der Waals surface area contributed by atoms with Crippen LogP contribution in [0.1, 0.15) is 32.2 Å². The van der Waals surface area contributed by atoms with E-state index in [0.29, 0.717) is 11.0 Å². The van der Waals surface area contributed by atoms with Gasteiger partial charge in [-0.05, 0) is 12.3 Å². The summed E-state index contributed by atoms with van der Waals surface area (Å²) in [5.74, 6) is 0.549. The number of nitrogens with one attached hydrogen (secondary N) is 1. The molecule has 0 bridgehead atoms. The monoisotopic (exact) mass is 353 g/mol. The second kappa shape index (κ2) is 7.33. The second-order valence-electron chi connectivity index (χ2n) is 7.61. The molecule has 134 valence electrons. The van der Waals surface area contributed by atoms with E-state index >= 15 is 0 Å². The lowest BCUT2D eigenvalue weighted by Crippen LogP contribution is -2.40. The molecule has 8 heteroatoms. The van der Waals surface area contributed by atoms with Gasteiger partial charge in [-0.1, -0.05) is 32.1 Å². The first-order chi connectivity index (χ1) is 11.4. The lowest BCUT2D eigenvalue weighted by molar-refractivity contribution is 0.0314. The average molecular weight is 353 g/mol. The molecular weight excluding hydrogens is 326 g/mol. The average Bonchev–Trinajstić information content (AvgIpc) is 3.17. The van der Waals surface area contributed by atoms with Crippen LogP contribution in [0.5, 0.6) is 0 Å². The van der Waals surface area contributed by atoms with Crippen LogP contribution >= 0.6 is 11.3 Å². The van der Waals surface area contributed by atoms with Crippen LogP contribution in [0, 0.1) is 5.92 Å². The molecule has 3 heterocycles. The SMILES string of the molecule is CC(C)(C)c1nnc(NC(=O)N2CCC(CN3CCOCC3)C2)s1. The fourth-order valence-corrected chi connectivity index (χ4v) is 3.85. The molecule has 1 unspecified atom stereocenters. The van der Waals surface area contributed by atoms with Crippen LogP contribution in [-0.2, 0) is 10.2 Å². The predicted molar refractivity (Wildman–Crippen MR) is 94.6 cm³/mol. The maximum Gasteiger partial charge on any atom is 0.323 e. The van der Waals surface area contributed by atoms with E-state index in [4.69, 9.17) is 4.74 Å². The highest BCUT2D eigenvalue weighted by Crippen LogP contribution is 2.28. The van der Waals surface area contributed by atoms with E-state index in [1.165, 1.54) is 11.3 Å². The number of aromatic nitrogens is 2. The van der Waals surface area contributed by atoms with Gasteiger partial charge < -0.3 is 9.64 Å². The summed E-state index contributed by atoms with van der Waals surface area (Å²) < 4.78 is 5.39. The third-order valence-electron chi connectivity index (χ3n) is 4.47. The predicted octanol–water partition coefficient (Wildman–Crippen LogP) is 2.02. The van der Waals surface area contributed by atoms with Gasteiger partial charge in [0.15, 0.2) is 0 Å². The fraction of sp³-hybridized carbons (Fsp3) is 0.812. The van der Waals surface area contributed by atoms with Gasteiger partial charge in [0.05, 0.1) is 13.2 Å². The van der Waals surface area contributed by atoms with E-state index in [1.807, 2.05) is 4.90 Å². The molecule has 24 heavy (non-hydrogen) atoms. The van der Waals surface area contributed by atoms with E-state index in [1.54, 1.807) is 0 Å². The van der Waals surface area contributed by atoms with Gasteiger partial charge in [-0.2, -0.15) is 0 Å². The van der Waals surface area contributed by atoms with Crippen molar-refractivity contribution in [3.63, 3.8) is 0 Å². The highest BCUT2D eigenvalue weighted by molar-refractivity contribution is 7.15. The Balaban J connectivity index is 1.48. The van der Waals surface area contributed by atoms with Crippen LogP contribution in [0.3, 0.4) is 0 Å². The van der Waals surface area contributed by atoms with Crippen molar-refractivity contribution in [3.05, 3.63) is 5.01 Å². The number of anilines is 1. The number of amides is 2. The van der Waals surface area contributed by atoms with Crippen molar-refractivity contribution >= 4 is 22.5 Å². The molecule has 0 saturated carbocycles. The van der Waals surface area contributed by atoms with Gasteiger partial charge in [0.25, 0.3) is 0 Å². The molecular formula is C16H27N5O2S. The zero-order chi connectivity index (χ0) is 17.2. The number of ether oxygens (including phenoxy) is 1. The molecule has 1 aromatic heterocycles. The molecule has 7 nitrogen and oxygen atoms in total. The second-order valence-corrected chi connectivity index (χ2v) is 8.58. The number of carbonyl (C=O) groups is 1. The molecule has 0 aliphatic carbocycles. The Morgan fingerprint density at radius 2 is 2.04 bits per heavy atom. The molecule has 2 saturated heterocycles. The molecule has 0 radical (unpaired) electrons. The number of nitrogens with zero attached hydrogens (tertiary/aromatic N) is 4. The van der Waals surface area contributed by atoms with Crippen molar-refractivity contribution in [1.82, 2.24) is 20.0 Å². The summed E-state index contributed by atoms with van der Waals surface area (Å²) in [6.45, 7) is 12.6. The van der Waals surface area contributed by atoms with Crippen molar-refractivity contribution in [1.29, 1.82) is 0 Å². The van der Waals surface area contributed by atoms with Gasteiger partial charge in [-0.25, -0.2) is 4.79 Å². The van der Waals surface area contributed by atoms with Crippen molar-refractivity contribution in [3.8, 4) is 0 Å². The molecule has 2 fully saturated rings. The molecule has 0 spiro atoms. The van der Waals surface area contributed by atoms with Gasteiger partial charge >= 0.3 is 6.03 Å². The molecule has 1 N–H and O–H groups in total. The maximum absolute atomic E-state index is 12.4. The number of hydrogen-bond acceptors (Lipinski definition) is 6. The Kier molecular flexibility index (Phi) is 5.36. The van der Waals surface area contributed by atoms with Gasteiger partial charge in [0.2, 0.25) is 5.13 Å². The summed E-state index contributed by atoms with van der Waals surface area (Å²) in [4.78, 5) is 16.8. The fourth-order valence-electron chi connectivity index (χ4n) is 3.06. The quantitative estimate of drug-likeness (QED) is 0.900. The molecule has 0 aromatic carbocycles. The Morgan fingerprint density at radius 1 is 1.29 bits per heavy atom. The minimum Gasteiger partial charge on any atom is -0.379 e. The topological polar surface area (TPSA) is 70.6 Å². The summed E-state index contributed by atoms with van der Waals surface area (Å²) in [6, 6.07) is -0.0592. The molecule has 1 aromatic rings. The van der Waals surface area contributed by atoms with Gasteiger partial charge in [-0.15, -0.1) is 10.2 Å². The molecule has 2 aliphatic heterocycles. The number of likely N-dealkylation sites (tertiary alicyclic amines) is 1. The van der Waals surface area contributed by atoms with E-state index < -0.39 is 0 Å². The summed E-state index contributed by atoms with van der Waals surface area (Å²) in [5, 5.41) is 12.7. The first-order valence-corrected chi connectivity index (χ1v) is 9.43. The number of hydrogen-bond donors (Lipinski definition) is 1. The van der Waals surface area contributed by atoms with Crippen molar-refractivity contribution < 1.29 is 9.53 Å². The van der Waals surface area contributed by atoms with Crippen molar-refractivity contribution in [2.75, 3.05) is 51.3 Å². The molecule has 2 amide bonds. The van der Waals surface area contributed by atoms with Gasteiger partial charge in [0.1, 0.15) is 5.01 Å². The standard InChI is InChI=1S/C16H27N5O2S/c1-16(2,3)13-18-19-14(24-13)17-15(22)21-5-4-12(11-21)10-20-6-8-23-9-7-20/h12H,4-11H2,1-3H3,(H,17,19,22). The van der Waals surface area contributed by atoms with Crippen molar-refractivity contribution in [2.45, 2.75) is 32.6 Å². The van der Waals surface area contributed by atoms with Crippen LogP contribution in [0.4, 0.5) is 9.93 Å². The molecule has 1 atom stereocenters. The van der Waals surface area contributed by atoms with Crippen LogP contribution in [0.25, 0.3) is 0 Å². The minimum absolute atomic E-state index is 0.0441. The van der Waals surface area contributed by atoms with E-state index in [-0.39, 0.29) is 11.4 Å². The molecule has 3 rings (SSSR count). The summed E-state index contributed by atoms with van der Waals surface area (Å²) in [6.07, 6.45) is 1.06. The van der Waals surface area contributed by atoms with Gasteiger partial charge in [-0.3, -0.25) is 10.2 Å². The maximum atomic E-state index is 12.4. The zero-order valence-corrected chi connectivity index (χ0v) is 15.6. The van der Waals surface area contributed by atoms with E-state index in [2.05, 4.69) is 41.2 Å².